The Morgan fingerprint density at radius 1 is 1.09 bits per heavy atom. The molecule has 0 radical (unpaired) electrons. The zero-order chi connectivity index (χ0) is 15.9. The fourth-order valence-electron chi connectivity index (χ4n) is 4.27. The number of hydrogen-bond donors (Lipinski definition) is 1. The standard InChI is InChI=1S/C19H26N2O2/c1-20-16-7-9-18(10-8-16)13-21(14-19(23-18)11-12-19)17(22)15-5-3-2-4-6-15/h2-6,16,20H,7-14H2,1H3. The summed E-state index contributed by atoms with van der Waals surface area (Å²) in [5.41, 5.74) is 0.631. The molecule has 1 amide bonds. The van der Waals surface area contributed by atoms with E-state index >= 15 is 0 Å². The molecule has 1 heterocycles. The number of amides is 1. The quantitative estimate of drug-likeness (QED) is 0.912. The van der Waals surface area contributed by atoms with E-state index in [0.29, 0.717) is 6.04 Å². The van der Waals surface area contributed by atoms with Gasteiger partial charge in [-0.3, -0.25) is 4.79 Å². The molecule has 4 rings (SSSR count). The van der Waals surface area contributed by atoms with Crippen LogP contribution in [0.2, 0.25) is 0 Å². The van der Waals surface area contributed by atoms with E-state index in [1.165, 1.54) is 0 Å². The lowest BCUT2D eigenvalue weighted by Crippen LogP contribution is -2.60. The number of benzene rings is 1. The van der Waals surface area contributed by atoms with Crippen molar-refractivity contribution in [2.24, 2.45) is 0 Å². The van der Waals surface area contributed by atoms with Crippen LogP contribution in [0.25, 0.3) is 0 Å². The van der Waals surface area contributed by atoms with Crippen molar-refractivity contribution in [3.63, 3.8) is 0 Å². The predicted molar refractivity (Wildman–Crippen MR) is 89.4 cm³/mol. The summed E-state index contributed by atoms with van der Waals surface area (Å²) < 4.78 is 6.60. The third kappa shape index (κ3) is 2.90. The molecule has 1 aliphatic heterocycles. The average molecular weight is 314 g/mol. The number of rotatable bonds is 2. The first-order valence-corrected chi connectivity index (χ1v) is 8.86. The highest BCUT2D eigenvalue weighted by atomic mass is 16.5. The number of hydrogen-bond acceptors (Lipinski definition) is 3. The molecule has 4 heteroatoms. The van der Waals surface area contributed by atoms with Crippen LogP contribution < -0.4 is 5.32 Å². The second-order valence-corrected chi connectivity index (χ2v) is 7.56. The molecule has 1 aromatic carbocycles. The Morgan fingerprint density at radius 2 is 1.70 bits per heavy atom. The molecule has 0 aromatic heterocycles. The molecule has 2 spiro atoms. The molecule has 2 aliphatic carbocycles. The van der Waals surface area contributed by atoms with Gasteiger partial charge in [0.05, 0.1) is 24.3 Å². The molecule has 1 aromatic rings. The maximum absolute atomic E-state index is 12.9. The van der Waals surface area contributed by atoms with Gasteiger partial charge in [-0.05, 0) is 57.7 Å². The predicted octanol–water partition coefficient (Wildman–Crippen LogP) is 2.59. The number of nitrogens with zero attached hydrogens (tertiary/aromatic N) is 1. The van der Waals surface area contributed by atoms with Gasteiger partial charge in [-0.25, -0.2) is 0 Å². The minimum absolute atomic E-state index is 0.0465. The van der Waals surface area contributed by atoms with Crippen molar-refractivity contribution < 1.29 is 9.53 Å². The Bertz CT molecular complexity index is 574. The molecular formula is C19H26N2O2. The van der Waals surface area contributed by atoms with Gasteiger partial charge in [0.15, 0.2) is 0 Å². The molecule has 0 unspecified atom stereocenters. The SMILES string of the molecule is CNC1CCC2(CC1)CN(C(=O)c1ccccc1)CC1(CC1)O2. The topological polar surface area (TPSA) is 41.6 Å². The van der Waals surface area contributed by atoms with Gasteiger partial charge in [-0.2, -0.15) is 0 Å². The van der Waals surface area contributed by atoms with Gasteiger partial charge in [0.1, 0.15) is 0 Å². The number of carbonyl (C=O) groups excluding carboxylic acids is 1. The van der Waals surface area contributed by atoms with E-state index in [-0.39, 0.29) is 17.1 Å². The van der Waals surface area contributed by atoms with Gasteiger partial charge in [-0.15, -0.1) is 0 Å². The summed E-state index contributed by atoms with van der Waals surface area (Å²) in [6.45, 7) is 1.51. The molecule has 124 valence electrons. The first kappa shape index (κ1) is 15.2. The van der Waals surface area contributed by atoms with Crippen molar-refractivity contribution in [2.45, 2.75) is 55.8 Å². The van der Waals surface area contributed by atoms with Gasteiger partial charge in [0.2, 0.25) is 0 Å². The Labute approximate surface area is 138 Å². The Hall–Kier alpha value is -1.39. The van der Waals surface area contributed by atoms with Crippen LogP contribution in [0, 0.1) is 0 Å². The zero-order valence-electron chi connectivity index (χ0n) is 13.9. The smallest absolute Gasteiger partial charge is 0.254 e. The summed E-state index contributed by atoms with van der Waals surface area (Å²) in [6.07, 6.45) is 6.59. The van der Waals surface area contributed by atoms with E-state index in [1.54, 1.807) is 0 Å². The highest BCUT2D eigenvalue weighted by Gasteiger charge is 2.56. The van der Waals surface area contributed by atoms with Crippen LogP contribution in [0.3, 0.4) is 0 Å². The van der Waals surface area contributed by atoms with Crippen LogP contribution in [-0.4, -0.2) is 48.2 Å². The van der Waals surface area contributed by atoms with Crippen LogP contribution in [0.1, 0.15) is 48.9 Å². The van der Waals surface area contributed by atoms with Gasteiger partial charge >= 0.3 is 0 Å². The van der Waals surface area contributed by atoms with Crippen LogP contribution in [0.5, 0.6) is 0 Å². The summed E-state index contributed by atoms with van der Waals surface area (Å²) in [4.78, 5) is 15.0. The molecule has 3 aliphatic rings. The minimum Gasteiger partial charge on any atom is -0.365 e. The molecule has 1 saturated heterocycles. The molecular weight excluding hydrogens is 288 g/mol. The van der Waals surface area contributed by atoms with E-state index in [2.05, 4.69) is 10.2 Å². The molecule has 0 atom stereocenters. The van der Waals surface area contributed by atoms with Crippen LogP contribution in [0.15, 0.2) is 30.3 Å². The van der Waals surface area contributed by atoms with E-state index in [4.69, 9.17) is 4.74 Å². The minimum atomic E-state index is -0.119. The summed E-state index contributed by atoms with van der Waals surface area (Å²) in [6, 6.07) is 10.3. The average Bonchev–Trinajstić information content (AvgIpc) is 3.33. The van der Waals surface area contributed by atoms with Crippen LogP contribution in [-0.2, 0) is 4.74 Å². The maximum atomic E-state index is 12.9. The van der Waals surface area contributed by atoms with Crippen molar-refractivity contribution in [1.29, 1.82) is 0 Å². The van der Waals surface area contributed by atoms with Gasteiger partial charge in [-0.1, -0.05) is 18.2 Å². The number of ether oxygens (including phenoxy) is 1. The van der Waals surface area contributed by atoms with Crippen molar-refractivity contribution >= 4 is 5.91 Å². The van der Waals surface area contributed by atoms with Gasteiger partial charge in [0, 0.05) is 11.6 Å². The van der Waals surface area contributed by atoms with Gasteiger partial charge < -0.3 is 15.0 Å². The normalized spacial score (nSPS) is 32.2. The molecule has 23 heavy (non-hydrogen) atoms. The zero-order valence-corrected chi connectivity index (χ0v) is 13.9. The molecule has 4 nitrogen and oxygen atoms in total. The second-order valence-electron chi connectivity index (χ2n) is 7.56. The Morgan fingerprint density at radius 3 is 2.26 bits per heavy atom. The van der Waals surface area contributed by atoms with Crippen molar-refractivity contribution in [1.82, 2.24) is 10.2 Å². The molecule has 0 bridgehead atoms. The number of morpholine rings is 1. The first-order chi connectivity index (χ1) is 11.1. The van der Waals surface area contributed by atoms with Crippen LogP contribution in [0.4, 0.5) is 0 Å². The fraction of sp³-hybridized carbons (Fsp3) is 0.632. The monoisotopic (exact) mass is 314 g/mol. The number of carbonyl (C=O) groups is 1. The van der Waals surface area contributed by atoms with Crippen molar-refractivity contribution in [2.75, 3.05) is 20.1 Å². The maximum Gasteiger partial charge on any atom is 0.254 e. The second kappa shape index (κ2) is 5.60. The lowest BCUT2D eigenvalue weighted by atomic mass is 9.80. The highest BCUT2D eigenvalue weighted by Crippen LogP contribution is 2.50. The molecule has 1 N–H and O–H groups in total. The summed E-state index contributed by atoms with van der Waals surface area (Å²) in [5.74, 6) is 0.162. The summed E-state index contributed by atoms with van der Waals surface area (Å²) in [7, 11) is 2.04. The van der Waals surface area contributed by atoms with Crippen molar-refractivity contribution in [3.8, 4) is 0 Å². The van der Waals surface area contributed by atoms with E-state index in [0.717, 1.165) is 57.2 Å². The van der Waals surface area contributed by atoms with Crippen LogP contribution >= 0.6 is 0 Å². The first-order valence-electron chi connectivity index (χ1n) is 8.86. The third-order valence-electron chi connectivity index (χ3n) is 5.81. The summed E-state index contributed by atoms with van der Waals surface area (Å²) >= 11 is 0. The Kier molecular flexibility index (Phi) is 3.69. The van der Waals surface area contributed by atoms with E-state index in [9.17, 15) is 4.79 Å². The number of nitrogens with one attached hydrogen (secondary N) is 1. The van der Waals surface area contributed by atoms with E-state index < -0.39 is 0 Å². The lowest BCUT2D eigenvalue weighted by molar-refractivity contribution is -0.175. The van der Waals surface area contributed by atoms with Crippen molar-refractivity contribution in [3.05, 3.63) is 35.9 Å². The molecule has 3 fully saturated rings. The lowest BCUT2D eigenvalue weighted by Gasteiger charge is -2.50. The largest absolute Gasteiger partial charge is 0.365 e. The molecule has 2 saturated carbocycles. The third-order valence-corrected chi connectivity index (χ3v) is 5.81. The van der Waals surface area contributed by atoms with E-state index in [1.807, 2.05) is 37.4 Å². The van der Waals surface area contributed by atoms with Gasteiger partial charge in [0.25, 0.3) is 5.91 Å². The summed E-state index contributed by atoms with van der Waals surface area (Å²) in [5, 5.41) is 3.39. The Balaban J connectivity index is 1.54. The fourth-order valence-corrected chi connectivity index (χ4v) is 4.27. The highest BCUT2D eigenvalue weighted by molar-refractivity contribution is 5.94.